The van der Waals surface area contributed by atoms with Crippen LogP contribution >= 0.6 is 0 Å². The highest BCUT2D eigenvalue weighted by molar-refractivity contribution is 5.99. The van der Waals surface area contributed by atoms with Gasteiger partial charge >= 0.3 is 12.3 Å². The van der Waals surface area contributed by atoms with Gasteiger partial charge in [-0.15, -0.1) is 0 Å². The molecule has 4 nitrogen and oxygen atoms in total. The Labute approximate surface area is 176 Å². The zero-order chi connectivity index (χ0) is 22.2. The monoisotopic (exact) mass is 435 g/mol. The van der Waals surface area contributed by atoms with Gasteiger partial charge in [0.05, 0.1) is 0 Å². The lowest BCUT2D eigenvalue weighted by Gasteiger charge is -2.37. The third-order valence-electron chi connectivity index (χ3n) is 6.08. The Morgan fingerprint density at radius 3 is 2.23 bits per heavy atom. The first-order valence-electron chi connectivity index (χ1n) is 10.1. The fraction of sp³-hybridized carbons (Fsp3) is 0.391. The number of ether oxygens (including phenoxy) is 1. The lowest BCUT2D eigenvalue weighted by molar-refractivity contribution is -0.140. The van der Waals surface area contributed by atoms with Crippen LogP contribution in [0.15, 0.2) is 48.5 Å². The molecule has 0 N–H and O–H groups in total. The fourth-order valence-corrected chi connectivity index (χ4v) is 4.72. The largest absolute Gasteiger partial charge is 0.445 e. The number of benzene rings is 2. The summed E-state index contributed by atoms with van der Waals surface area (Å²) in [6.07, 6.45) is -3.65. The molecule has 2 aliphatic heterocycles. The number of carbonyl (C=O) groups excluding carboxylic acids is 2. The first kappa shape index (κ1) is 21.3. The van der Waals surface area contributed by atoms with Crippen molar-refractivity contribution in [2.75, 3.05) is 0 Å². The van der Waals surface area contributed by atoms with Crippen LogP contribution in [-0.2, 0) is 17.5 Å². The number of fused-ring (bicyclic) bond motifs is 2. The number of alkyl halides is 3. The van der Waals surface area contributed by atoms with Crippen molar-refractivity contribution in [1.29, 1.82) is 0 Å². The summed E-state index contributed by atoms with van der Waals surface area (Å²) >= 11 is 0. The van der Waals surface area contributed by atoms with E-state index in [9.17, 15) is 27.2 Å². The van der Waals surface area contributed by atoms with Gasteiger partial charge < -0.3 is 9.64 Å². The summed E-state index contributed by atoms with van der Waals surface area (Å²) in [5.74, 6) is -2.87. The molecule has 2 aromatic rings. The molecule has 0 radical (unpaired) electrons. The molecule has 2 fully saturated rings. The predicted octanol–water partition coefficient (Wildman–Crippen LogP) is 5.61. The second-order valence-electron chi connectivity index (χ2n) is 8.03. The molecule has 0 spiro atoms. The van der Waals surface area contributed by atoms with Gasteiger partial charge in [-0.2, -0.15) is 13.2 Å². The molecular weight excluding hydrogens is 414 g/mol. The quantitative estimate of drug-likeness (QED) is 0.464. The lowest BCUT2D eigenvalue weighted by Crippen LogP contribution is -2.48. The Balaban J connectivity index is 1.47. The number of amides is 1. The summed E-state index contributed by atoms with van der Waals surface area (Å²) in [5, 5.41) is 0. The molecule has 2 atom stereocenters. The number of Topliss-reactive ketones (excluding diaryl/α,β-unsaturated/α-hetero) is 1. The van der Waals surface area contributed by atoms with Crippen molar-refractivity contribution in [3.8, 4) is 0 Å². The highest BCUT2D eigenvalue weighted by atomic mass is 19.4. The third kappa shape index (κ3) is 4.29. The number of ketones is 1. The van der Waals surface area contributed by atoms with E-state index in [0.29, 0.717) is 18.9 Å². The second-order valence-corrected chi connectivity index (χ2v) is 8.03. The summed E-state index contributed by atoms with van der Waals surface area (Å²) in [6, 6.07) is 11.5. The Kier molecular flexibility index (Phi) is 5.73. The van der Waals surface area contributed by atoms with Crippen LogP contribution in [0.25, 0.3) is 0 Å². The van der Waals surface area contributed by atoms with Crippen LogP contribution in [-0.4, -0.2) is 28.9 Å². The highest BCUT2D eigenvalue weighted by Gasteiger charge is 2.47. The number of hydrogen-bond acceptors (Lipinski definition) is 3. The zero-order valence-electron chi connectivity index (χ0n) is 16.6. The van der Waals surface area contributed by atoms with Crippen LogP contribution in [0.4, 0.5) is 22.4 Å². The van der Waals surface area contributed by atoms with Gasteiger partial charge in [-0.3, -0.25) is 4.79 Å². The van der Waals surface area contributed by atoms with Crippen molar-refractivity contribution in [2.45, 2.75) is 50.6 Å². The number of rotatable bonds is 4. The Morgan fingerprint density at radius 1 is 0.968 bits per heavy atom. The predicted molar refractivity (Wildman–Crippen MR) is 104 cm³/mol. The van der Waals surface area contributed by atoms with E-state index in [2.05, 4.69) is 0 Å². The average Bonchev–Trinajstić information content (AvgIpc) is 3.00. The summed E-state index contributed by atoms with van der Waals surface area (Å²) in [7, 11) is 0. The van der Waals surface area contributed by atoms with Crippen molar-refractivity contribution in [2.24, 2.45) is 5.92 Å². The van der Waals surface area contributed by atoms with Crippen LogP contribution in [0.1, 0.15) is 47.2 Å². The summed E-state index contributed by atoms with van der Waals surface area (Å²) in [6.45, 7) is 0.121. The number of carbonyl (C=O) groups is 2. The van der Waals surface area contributed by atoms with E-state index < -0.39 is 40.9 Å². The maximum absolute atomic E-state index is 13.9. The zero-order valence-corrected chi connectivity index (χ0v) is 16.6. The van der Waals surface area contributed by atoms with Gasteiger partial charge in [0.15, 0.2) is 5.78 Å². The van der Waals surface area contributed by atoms with Crippen molar-refractivity contribution in [3.05, 3.63) is 71.0 Å². The topological polar surface area (TPSA) is 46.6 Å². The number of nitrogens with zero attached hydrogens (tertiary/aromatic N) is 1. The van der Waals surface area contributed by atoms with Crippen LogP contribution in [0.5, 0.6) is 0 Å². The number of hydrogen-bond donors (Lipinski definition) is 0. The van der Waals surface area contributed by atoms with E-state index in [4.69, 9.17) is 4.74 Å². The summed E-state index contributed by atoms with van der Waals surface area (Å²) in [4.78, 5) is 27.2. The van der Waals surface area contributed by atoms with E-state index >= 15 is 0 Å². The minimum Gasteiger partial charge on any atom is -0.445 e. The minimum absolute atomic E-state index is 0.121. The number of halogens is 4. The number of piperidine rings is 1. The first-order chi connectivity index (χ1) is 14.8. The smallest absolute Gasteiger partial charge is 0.419 e. The maximum Gasteiger partial charge on any atom is 0.419 e. The lowest BCUT2D eigenvalue weighted by atomic mass is 9.83. The molecule has 164 valence electrons. The molecule has 2 unspecified atom stereocenters. The highest BCUT2D eigenvalue weighted by Crippen LogP contribution is 2.42. The molecule has 1 amide bonds. The van der Waals surface area contributed by atoms with Crippen LogP contribution in [0, 0.1) is 11.7 Å². The molecule has 2 aliphatic rings. The maximum atomic E-state index is 13.9. The molecule has 4 rings (SSSR count). The van der Waals surface area contributed by atoms with Crippen LogP contribution in [0.3, 0.4) is 0 Å². The summed E-state index contributed by atoms with van der Waals surface area (Å²) < 4.78 is 59.3. The molecular formula is C23H21F4NO3. The van der Waals surface area contributed by atoms with Crippen molar-refractivity contribution < 1.29 is 31.9 Å². The molecule has 2 bridgehead atoms. The van der Waals surface area contributed by atoms with E-state index in [1.54, 1.807) is 4.90 Å². The molecule has 2 heterocycles. The van der Waals surface area contributed by atoms with Gasteiger partial charge in [0.2, 0.25) is 0 Å². The molecule has 8 heteroatoms. The normalized spacial score (nSPS) is 23.0. The Hall–Kier alpha value is -2.90. The molecule has 0 aromatic heterocycles. The van der Waals surface area contributed by atoms with Gasteiger partial charge in [0, 0.05) is 23.6 Å². The van der Waals surface area contributed by atoms with E-state index in [0.717, 1.165) is 17.7 Å². The van der Waals surface area contributed by atoms with E-state index in [1.807, 2.05) is 30.3 Å². The third-order valence-corrected chi connectivity index (χ3v) is 6.08. The second kappa shape index (κ2) is 8.32. The van der Waals surface area contributed by atoms with Crippen LogP contribution < -0.4 is 0 Å². The molecule has 31 heavy (non-hydrogen) atoms. The standard InChI is InChI=1S/C23H21F4NO3/c24-19-8-4-7-18(20(19)23(25,26)27)21(29)15-11-16-9-10-17(12-15)28(16)22(30)31-13-14-5-2-1-3-6-14/h1-8,15-17H,9-13H2. The van der Waals surface area contributed by atoms with E-state index in [-0.39, 0.29) is 31.5 Å². The van der Waals surface area contributed by atoms with E-state index in [1.165, 1.54) is 0 Å². The fourth-order valence-electron chi connectivity index (χ4n) is 4.72. The van der Waals surface area contributed by atoms with Gasteiger partial charge in [0.1, 0.15) is 18.0 Å². The van der Waals surface area contributed by atoms with Crippen LogP contribution in [0.2, 0.25) is 0 Å². The van der Waals surface area contributed by atoms with Gasteiger partial charge in [0.25, 0.3) is 0 Å². The summed E-state index contributed by atoms with van der Waals surface area (Å²) in [5.41, 5.74) is -1.31. The Morgan fingerprint density at radius 2 is 1.61 bits per heavy atom. The molecule has 0 aliphatic carbocycles. The molecule has 2 saturated heterocycles. The van der Waals surface area contributed by atoms with Crippen molar-refractivity contribution >= 4 is 11.9 Å². The van der Waals surface area contributed by atoms with Crippen molar-refractivity contribution in [1.82, 2.24) is 4.90 Å². The first-order valence-corrected chi connectivity index (χ1v) is 10.1. The van der Waals surface area contributed by atoms with Gasteiger partial charge in [-0.25, -0.2) is 9.18 Å². The Bertz CT molecular complexity index is 963. The van der Waals surface area contributed by atoms with Crippen molar-refractivity contribution in [3.63, 3.8) is 0 Å². The molecule has 0 saturated carbocycles. The van der Waals surface area contributed by atoms with Gasteiger partial charge in [-0.1, -0.05) is 42.5 Å². The molecule has 2 aromatic carbocycles. The SMILES string of the molecule is O=C(c1cccc(F)c1C(F)(F)F)C1CC2CCC(C1)N2C(=O)OCc1ccccc1. The average molecular weight is 435 g/mol. The minimum atomic E-state index is -4.96. The van der Waals surface area contributed by atoms with Gasteiger partial charge in [-0.05, 0) is 37.3 Å².